The van der Waals surface area contributed by atoms with Crippen molar-refractivity contribution in [3.8, 4) is 0 Å². The third-order valence-corrected chi connectivity index (χ3v) is 5.16. The average molecular weight is 263 g/mol. The summed E-state index contributed by atoms with van der Waals surface area (Å²) in [7, 11) is -0.304. The molecule has 0 aliphatic heterocycles. The second-order valence-corrected chi connectivity index (χ2v) is 6.94. The molecule has 6 heteroatoms. The van der Waals surface area contributed by atoms with Crippen LogP contribution >= 0.6 is 0 Å². The van der Waals surface area contributed by atoms with Crippen LogP contribution in [0, 0.1) is 11.8 Å². The van der Waals surface area contributed by atoms with Crippen molar-refractivity contribution in [3.63, 3.8) is 0 Å². The van der Waals surface area contributed by atoms with Crippen molar-refractivity contribution >= 4 is 16.0 Å². The molecular weight excluding hydrogens is 242 g/mol. The smallest absolute Gasteiger partial charge is 0.305 e. The lowest BCUT2D eigenvalue weighted by Crippen LogP contribution is -2.31. The molecule has 1 fully saturated rings. The van der Waals surface area contributed by atoms with E-state index < -0.39 is 10.0 Å². The zero-order chi connectivity index (χ0) is 13.1. The fourth-order valence-electron chi connectivity index (χ4n) is 1.75. The fourth-order valence-corrected chi connectivity index (χ4v) is 2.99. The third-order valence-electron chi connectivity index (χ3n) is 3.25. The van der Waals surface area contributed by atoms with Gasteiger partial charge in [-0.2, -0.15) is 0 Å². The van der Waals surface area contributed by atoms with E-state index in [1.54, 1.807) is 7.05 Å². The van der Waals surface area contributed by atoms with E-state index in [9.17, 15) is 13.2 Å². The molecule has 1 saturated carbocycles. The van der Waals surface area contributed by atoms with Crippen molar-refractivity contribution in [1.82, 2.24) is 4.31 Å². The van der Waals surface area contributed by atoms with Gasteiger partial charge in [-0.3, -0.25) is 4.79 Å². The van der Waals surface area contributed by atoms with Crippen molar-refractivity contribution in [2.75, 3.05) is 26.5 Å². The van der Waals surface area contributed by atoms with Gasteiger partial charge in [0.15, 0.2) is 0 Å². The standard InChI is InChI=1S/C11H21NO4S/c1-9-7-10(9)8-12(2)17(14,15)6-4-5-11(13)16-3/h9-10H,4-8H2,1-3H3. The van der Waals surface area contributed by atoms with Crippen molar-refractivity contribution in [1.29, 1.82) is 0 Å². The highest BCUT2D eigenvalue weighted by Gasteiger charge is 2.35. The van der Waals surface area contributed by atoms with Gasteiger partial charge in [0, 0.05) is 20.0 Å². The topological polar surface area (TPSA) is 63.7 Å². The van der Waals surface area contributed by atoms with Crippen LogP contribution in [-0.4, -0.2) is 45.1 Å². The van der Waals surface area contributed by atoms with Gasteiger partial charge in [0.05, 0.1) is 12.9 Å². The molecule has 1 rings (SSSR count). The van der Waals surface area contributed by atoms with Crippen molar-refractivity contribution < 1.29 is 17.9 Å². The molecule has 2 atom stereocenters. The van der Waals surface area contributed by atoms with Crippen LogP contribution in [0.15, 0.2) is 0 Å². The van der Waals surface area contributed by atoms with Gasteiger partial charge in [-0.1, -0.05) is 6.92 Å². The fraction of sp³-hybridized carbons (Fsp3) is 0.909. The van der Waals surface area contributed by atoms with Gasteiger partial charge in [-0.25, -0.2) is 12.7 Å². The summed E-state index contributed by atoms with van der Waals surface area (Å²) in [5, 5.41) is 0. The maximum absolute atomic E-state index is 11.8. The molecule has 0 aromatic carbocycles. The molecule has 100 valence electrons. The number of sulfonamides is 1. The van der Waals surface area contributed by atoms with Crippen LogP contribution in [0.2, 0.25) is 0 Å². The van der Waals surface area contributed by atoms with E-state index in [1.165, 1.54) is 11.4 Å². The van der Waals surface area contributed by atoms with E-state index >= 15 is 0 Å². The number of nitrogens with zero attached hydrogens (tertiary/aromatic N) is 1. The molecule has 0 heterocycles. The Kier molecular flexibility index (Phi) is 4.94. The molecule has 0 spiro atoms. The minimum Gasteiger partial charge on any atom is -0.469 e. The number of hydrogen-bond donors (Lipinski definition) is 0. The highest BCUT2D eigenvalue weighted by atomic mass is 32.2. The Morgan fingerprint density at radius 1 is 1.47 bits per heavy atom. The maximum atomic E-state index is 11.8. The normalized spacial score (nSPS) is 23.8. The number of carbonyl (C=O) groups is 1. The quantitative estimate of drug-likeness (QED) is 0.639. The van der Waals surface area contributed by atoms with Crippen LogP contribution < -0.4 is 0 Å². The lowest BCUT2D eigenvalue weighted by atomic mass is 10.3. The summed E-state index contributed by atoms with van der Waals surface area (Å²) in [4.78, 5) is 10.9. The first kappa shape index (κ1) is 14.4. The first-order valence-electron chi connectivity index (χ1n) is 5.87. The summed E-state index contributed by atoms with van der Waals surface area (Å²) in [6.45, 7) is 2.73. The minimum absolute atomic E-state index is 0.0136. The van der Waals surface area contributed by atoms with Gasteiger partial charge in [0.1, 0.15) is 0 Å². The molecule has 0 aromatic rings. The van der Waals surface area contributed by atoms with Crippen LogP contribution in [0.25, 0.3) is 0 Å². The number of rotatable bonds is 7. The highest BCUT2D eigenvalue weighted by molar-refractivity contribution is 7.89. The molecule has 0 saturated heterocycles. The predicted octanol–water partition coefficient (Wildman–Crippen LogP) is 0.857. The summed E-state index contributed by atoms with van der Waals surface area (Å²) < 4.78 is 29.6. The van der Waals surface area contributed by atoms with E-state index in [1.807, 2.05) is 0 Å². The number of carbonyl (C=O) groups excluding carboxylic acids is 1. The van der Waals surface area contributed by atoms with Gasteiger partial charge in [-0.15, -0.1) is 0 Å². The molecule has 1 aliphatic carbocycles. The first-order chi connectivity index (χ1) is 7.86. The molecule has 0 N–H and O–H groups in total. The van der Waals surface area contributed by atoms with Gasteiger partial charge in [0.25, 0.3) is 0 Å². The summed E-state index contributed by atoms with van der Waals surface area (Å²) in [6, 6.07) is 0. The summed E-state index contributed by atoms with van der Waals surface area (Å²) >= 11 is 0. The molecule has 5 nitrogen and oxygen atoms in total. The van der Waals surface area contributed by atoms with Gasteiger partial charge in [-0.05, 0) is 24.7 Å². The first-order valence-corrected chi connectivity index (χ1v) is 7.48. The number of esters is 1. The monoisotopic (exact) mass is 263 g/mol. The number of ether oxygens (including phenoxy) is 1. The van der Waals surface area contributed by atoms with Crippen LogP contribution in [0.1, 0.15) is 26.2 Å². The lowest BCUT2D eigenvalue weighted by Gasteiger charge is -2.16. The Balaban J connectivity index is 2.31. The van der Waals surface area contributed by atoms with Gasteiger partial charge >= 0.3 is 5.97 Å². The minimum atomic E-state index is -3.22. The van der Waals surface area contributed by atoms with E-state index in [4.69, 9.17) is 0 Å². The zero-order valence-electron chi connectivity index (χ0n) is 10.7. The van der Waals surface area contributed by atoms with Crippen LogP contribution in [0.4, 0.5) is 0 Å². The predicted molar refractivity (Wildman–Crippen MR) is 64.9 cm³/mol. The second kappa shape index (κ2) is 5.82. The third kappa shape index (κ3) is 4.63. The summed E-state index contributed by atoms with van der Waals surface area (Å²) in [5.74, 6) is 0.802. The van der Waals surface area contributed by atoms with Crippen LogP contribution in [0.5, 0.6) is 0 Å². The largest absolute Gasteiger partial charge is 0.469 e. The number of hydrogen-bond acceptors (Lipinski definition) is 4. The van der Waals surface area contributed by atoms with Crippen LogP contribution in [0.3, 0.4) is 0 Å². The van der Waals surface area contributed by atoms with E-state index in [0.29, 0.717) is 24.8 Å². The molecule has 2 unspecified atom stereocenters. The Labute approximate surface area is 103 Å². The van der Waals surface area contributed by atoms with E-state index in [0.717, 1.165) is 6.42 Å². The Morgan fingerprint density at radius 3 is 2.53 bits per heavy atom. The van der Waals surface area contributed by atoms with E-state index in [-0.39, 0.29) is 18.1 Å². The Bertz CT molecular complexity index is 366. The molecule has 0 radical (unpaired) electrons. The summed E-state index contributed by atoms with van der Waals surface area (Å²) in [5.41, 5.74) is 0. The average Bonchev–Trinajstić information content (AvgIpc) is 2.93. The van der Waals surface area contributed by atoms with Gasteiger partial charge < -0.3 is 4.74 Å². The molecule has 17 heavy (non-hydrogen) atoms. The van der Waals surface area contributed by atoms with Gasteiger partial charge in [0.2, 0.25) is 10.0 Å². The van der Waals surface area contributed by atoms with Crippen molar-refractivity contribution in [3.05, 3.63) is 0 Å². The van der Waals surface area contributed by atoms with Crippen LogP contribution in [-0.2, 0) is 19.6 Å². The highest BCUT2D eigenvalue weighted by Crippen LogP contribution is 2.38. The van der Waals surface area contributed by atoms with Crippen molar-refractivity contribution in [2.24, 2.45) is 11.8 Å². The maximum Gasteiger partial charge on any atom is 0.305 e. The lowest BCUT2D eigenvalue weighted by molar-refractivity contribution is -0.140. The Morgan fingerprint density at radius 2 is 2.06 bits per heavy atom. The van der Waals surface area contributed by atoms with Crippen molar-refractivity contribution in [2.45, 2.75) is 26.2 Å². The molecule has 0 aromatic heterocycles. The Hall–Kier alpha value is -0.620. The van der Waals surface area contributed by atoms with E-state index in [2.05, 4.69) is 11.7 Å². The molecule has 1 aliphatic rings. The zero-order valence-corrected chi connectivity index (χ0v) is 11.5. The molecular formula is C11H21NO4S. The molecule has 0 bridgehead atoms. The summed E-state index contributed by atoms with van der Waals surface area (Å²) in [6.07, 6.45) is 1.59. The number of methoxy groups -OCH3 is 1. The second-order valence-electron chi connectivity index (χ2n) is 4.75. The molecule has 0 amide bonds. The SMILES string of the molecule is COC(=O)CCCS(=O)(=O)N(C)CC1CC1C.